The number of imidazole rings is 1. The Morgan fingerprint density at radius 2 is 1.77 bits per heavy atom. The highest BCUT2D eigenvalue weighted by Crippen LogP contribution is 2.29. The second-order valence-electron chi connectivity index (χ2n) is 7.27. The first-order valence-corrected chi connectivity index (χ1v) is 9.54. The number of H-pyrrole nitrogens is 1. The molecule has 2 heterocycles. The lowest BCUT2D eigenvalue weighted by atomic mass is 10.1. The SMILES string of the molecule is Cc1ccccc1-c1nc2ccccc2n1Cc1cc(=O)[nH]c2c(F)c(F)ccc12. The van der Waals surface area contributed by atoms with E-state index in [-0.39, 0.29) is 12.1 Å². The molecule has 0 aliphatic carbocycles. The second-order valence-corrected chi connectivity index (χ2v) is 7.27. The van der Waals surface area contributed by atoms with Gasteiger partial charge >= 0.3 is 0 Å². The van der Waals surface area contributed by atoms with E-state index in [1.54, 1.807) is 0 Å². The fraction of sp³-hybridized carbons (Fsp3) is 0.0833. The fourth-order valence-electron chi connectivity index (χ4n) is 3.90. The van der Waals surface area contributed by atoms with Crippen molar-refractivity contribution in [3.63, 3.8) is 0 Å². The minimum absolute atomic E-state index is 0.126. The maximum absolute atomic E-state index is 14.3. The van der Waals surface area contributed by atoms with Crippen molar-refractivity contribution in [1.29, 1.82) is 0 Å². The number of benzene rings is 3. The first-order chi connectivity index (χ1) is 14.5. The summed E-state index contributed by atoms with van der Waals surface area (Å²) in [5.74, 6) is -1.30. The highest BCUT2D eigenvalue weighted by Gasteiger charge is 2.17. The van der Waals surface area contributed by atoms with Gasteiger partial charge in [-0.15, -0.1) is 0 Å². The van der Waals surface area contributed by atoms with Crippen molar-refractivity contribution in [1.82, 2.24) is 14.5 Å². The van der Waals surface area contributed by atoms with Crippen molar-refractivity contribution in [2.75, 3.05) is 0 Å². The van der Waals surface area contributed by atoms with Gasteiger partial charge < -0.3 is 9.55 Å². The van der Waals surface area contributed by atoms with Crippen LogP contribution in [0.5, 0.6) is 0 Å². The van der Waals surface area contributed by atoms with Gasteiger partial charge in [-0.25, -0.2) is 13.8 Å². The quantitative estimate of drug-likeness (QED) is 0.453. The molecule has 6 heteroatoms. The highest BCUT2D eigenvalue weighted by molar-refractivity contribution is 5.84. The number of fused-ring (bicyclic) bond motifs is 2. The predicted octanol–water partition coefficient (Wildman–Crippen LogP) is 5.18. The number of aromatic nitrogens is 3. The number of pyridine rings is 1. The van der Waals surface area contributed by atoms with E-state index >= 15 is 0 Å². The minimum Gasteiger partial charge on any atom is -0.319 e. The molecule has 0 amide bonds. The van der Waals surface area contributed by atoms with Crippen LogP contribution in [-0.4, -0.2) is 14.5 Å². The second kappa shape index (κ2) is 6.91. The molecule has 5 rings (SSSR count). The number of aryl methyl sites for hydroxylation is 1. The molecule has 0 spiro atoms. The number of rotatable bonds is 3. The number of halogens is 2. The molecular formula is C24H17F2N3O. The van der Waals surface area contributed by atoms with E-state index < -0.39 is 17.2 Å². The Morgan fingerprint density at radius 3 is 2.60 bits per heavy atom. The van der Waals surface area contributed by atoms with E-state index in [0.717, 1.165) is 34.1 Å². The lowest BCUT2D eigenvalue weighted by Crippen LogP contribution is -2.11. The van der Waals surface area contributed by atoms with Crippen molar-refractivity contribution in [2.24, 2.45) is 0 Å². The van der Waals surface area contributed by atoms with Crippen LogP contribution in [0.25, 0.3) is 33.3 Å². The Balaban J connectivity index is 1.78. The molecule has 0 fully saturated rings. The van der Waals surface area contributed by atoms with Crippen molar-refractivity contribution in [3.05, 3.63) is 99.8 Å². The molecule has 0 saturated heterocycles. The van der Waals surface area contributed by atoms with Gasteiger partial charge in [-0.1, -0.05) is 36.4 Å². The number of aromatic amines is 1. The summed E-state index contributed by atoms with van der Waals surface area (Å²) in [6, 6.07) is 19.7. The van der Waals surface area contributed by atoms with Gasteiger partial charge in [-0.05, 0) is 42.3 Å². The van der Waals surface area contributed by atoms with Gasteiger partial charge in [0.1, 0.15) is 5.82 Å². The van der Waals surface area contributed by atoms with Gasteiger partial charge in [0, 0.05) is 17.0 Å². The molecule has 0 aliphatic rings. The van der Waals surface area contributed by atoms with Crippen LogP contribution in [0.4, 0.5) is 8.78 Å². The Labute approximate surface area is 170 Å². The van der Waals surface area contributed by atoms with Crippen molar-refractivity contribution in [3.8, 4) is 11.4 Å². The smallest absolute Gasteiger partial charge is 0.248 e. The number of nitrogens with zero attached hydrogens (tertiary/aromatic N) is 2. The zero-order chi connectivity index (χ0) is 20.8. The number of para-hydroxylation sites is 2. The van der Waals surface area contributed by atoms with Crippen molar-refractivity contribution >= 4 is 21.9 Å². The molecule has 5 aromatic rings. The van der Waals surface area contributed by atoms with Gasteiger partial charge in [-0.2, -0.15) is 0 Å². The van der Waals surface area contributed by atoms with Gasteiger partial charge in [0.15, 0.2) is 11.6 Å². The average Bonchev–Trinajstić information content (AvgIpc) is 3.10. The summed E-state index contributed by atoms with van der Waals surface area (Å²) in [6.07, 6.45) is 0. The summed E-state index contributed by atoms with van der Waals surface area (Å²) >= 11 is 0. The van der Waals surface area contributed by atoms with Crippen LogP contribution in [0, 0.1) is 18.6 Å². The third kappa shape index (κ3) is 2.88. The summed E-state index contributed by atoms with van der Waals surface area (Å²) in [6.45, 7) is 2.30. The first kappa shape index (κ1) is 18.2. The molecular weight excluding hydrogens is 384 g/mol. The summed E-state index contributed by atoms with van der Waals surface area (Å²) in [5, 5.41) is 0.460. The lowest BCUT2D eigenvalue weighted by Gasteiger charge is -2.13. The van der Waals surface area contributed by atoms with Crippen LogP contribution in [0.2, 0.25) is 0 Å². The van der Waals surface area contributed by atoms with E-state index in [0.29, 0.717) is 10.9 Å². The first-order valence-electron chi connectivity index (χ1n) is 9.54. The van der Waals surface area contributed by atoms with Crippen molar-refractivity contribution < 1.29 is 8.78 Å². The van der Waals surface area contributed by atoms with E-state index in [4.69, 9.17) is 4.98 Å². The normalized spacial score (nSPS) is 11.4. The summed E-state index contributed by atoms with van der Waals surface area (Å²) < 4.78 is 30.0. The summed E-state index contributed by atoms with van der Waals surface area (Å²) in [5.41, 5.74) is 3.74. The van der Waals surface area contributed by atoms with Crippen LogP contribution < -0.4 is 5.56 Å². The van der Waals surface area contributed by atoms with Gasteiger partial charge in [-0.3, -0.25) is 4.79 Å². The Morgan fingerprint density at radius 1 is 1.00 bits per heavy atom. The molecule has 0 unspecified atom stereocenters. The molecule has 0 saturated carbocycles. The van der Waals surface area contributed by atoms with Crippen LogP contribution in [0.1, 0.15) is 11.1 Å². The summed E-state index contributed by atoms with van der Waals surface area (Å²) in [4.78, 5) is 19.4. The van der Waals surface area contributed by atoms with Gasteiger partial charge in [0.05, 0.1) is 23.1 Å². The highest BCUT2D eigenvalue weighted by atomic mass is 19.2. The number of hydrogen-bond donors (Lipinski definition) is 1. The van der Waals surface area contributed by atoms with Crippen molar-refractivity contribution in [2.45, 2.75) is 13.5 Å². The number of nitrogens with one attached hydrogen (secondary N) is 1. The zero-order valence-electron chi connectivity index (χ0n) is 16.1. The van der Waals surface area contributed by atoms with E-state index in [1.165, 1.54) is 12.1 Å². The molecule has 0 radical (unpaired) electrons. The molecule has 148 valence electrons. The third-order valence-corrected chi connectivity index (χ3v) is 5.36. The van der Waals surface area contributed by atoms with E-state index in [9.17, 15) is 13.6 Å². The number of hydrogen-bond acceptors (Lipinski definition) is 2. The van der Waals surface area contributed by atoms with Crippen LogP contribution in [0.15, 0.2) is 71.5 Å². The Bertz CT molecular complexity index is 1480. The van der Waals surface area contributed by atoms with E-state index in [2.05, 4.69) is 4.98 Å². The molecule has 0 atom stereocenters. The average molecular weight is 401 g/mol. The van der Waals surface area contributed by atoms with E-state index in [1.807, 2.05) is 60.0 Å². The minimum atomic E-state index is -1.05. The van der Waals surface area contributed by atoms with Gasteiger partial charge in [0.2, 0.25) is 5.56 Å². The molecule has 2 aromatic heterocycles. The van der Waals surface area contributed by atoms with Crippen LogP contribution in [0.3, 0.4) is 0 Å². The fourth-order valence-corrected chi connectivity index (χ4v) is 3.90. The maximum atomic E-state index is 14.3. The lowest BCUT2D eigenvalue weighted by molar-refractivity contribution is 0.515. The summed E-state index contributed by atoms with van der Waals surface area (Å²) in [7, 11) is 0. The molecule has 3 aromatic carbocycles. The topological polar surface area (TPSA) is 50.7 Å². The largest absolute Gasteiger partial charge is 0.319 e. The van der Waals surface area contributed by atoms with Crippen LogP contribution >= 0.6 is 0 Å². The molecule has 30 heavy (non-hydrogen) atoms. The third-order valence-electron chi connectivity index (χ3n) is 5.36. The maximum Gasteiger partial charge on any atom is 0.248 e. The molecule has 0 aliphatic heterocycles. The van der Waals surface area contributed by atoms with Gasteiger partial charge in [0.25, 0.3) is 0 Å². The zero-order valence-corrected chi connectivity index (χ0v) is 16.1. The van der Waals surface area contributed by atoms with Crippen LogP contribution in [-0.2, 0) is 6.54 Å². The predicted molar refractivity (Wildman–Crippen MR) is 113 cm³/mol. The Kier molecular flexibility index (Phi) is 4.20. The Hall–Kier alpha value is -3.80. The monoisotopic (exact) mass is 401 g/mol. The standard InChI is InChI=1S/C24H17F2N3O/c1-14-6-2-3-7-16(14)24-27-19-8-4-5-9-20(19)29(24)13-15-12-21(30)28-23-17(15)10-11-18(25)22(23)26/h2-12H,13H2,1H3,(H,28,30). The molecule has 4 nitrogen and oxygen atoms in total. The molecule has 0 bridgehead atoms. The molecule has 1 N–H and O–H groups in total.